The van der Waals surface area contributed by atoms with Crippen LogP contribution in [0.1, 0.15) is 12.8 Å². The number of carbonyl (C=O) groups is 1. The Morgan fingerprint density at radius 3 is 3.00 bits per heavy atom. The minimum atomic E-state index is -0.294. The zero-order valence-electron chi connectivity index (χ0n) is 8.72. The molecule has 0 radical (unpaired) electrons. The SMILES string of the molecule is O=C([C@H]1CCCO1)N1CCOCC1CO. The molecule has 0 aromatic heterocycles. The van der Waals surface area contributed by atoms with Gasteiger partial charge in [-0.2, -0.15) is 0 Å². The maximum atomic E-state index is 12.0. The normalized spacial score (nSPS) is 31.9. The molecule has 0 saturated carbocycles. The Bertz CT molecular complexity index is 227. The molecule has 0 aromatic rings. The number of rotatable bonds is 2. The zero-order valence-corrected chi connectivity index (χ0v) is 8.72. The van der Waals surface area contributed by atoms with Crippen molar-refractivity contribution < 1.29 is 19.4 Å². The highest BCUT2D eigenvalue weighted by atomic mass is 16.5. The van der Waals surface area contributed by atoms with Crippen molar-refractivity contribution in [3.63, 3.8) is 0 Å². The number of aliphatic hydroxyl groups excluding tert-OH is 1. The van der Waals surface area contributed by atoms with Gasteiger partial charge in [-0.05, 0) is 12.8 Å². The maximum absolute atomic E-state index is 12.0. The van der Waals surface area contributed by atoms with Gasteiger partial charge in [-0.25, -0.2) is 0 Å². The number of hydrogen-bond donors (Lipinski definition) is 1. The van der Waals surface area contributed by atoms with Crippen LogP contribution in [0, 0.1) is 0 Å². The third-order valence-electron chi connectivity index (χ3n) is 2.93. The van der Waals surface area contributed by atoms with Gasteiger partial charge in [-0.1, -0.05) is 0 Å². The fraction of sp³-hybridized carbons (Fsp3) is 0.900. The van der Waals surface area contributed by atoms with Gasteiger partial charge in [0.25, 0.3) is 5.91 Å². The van der Waals surface area contributed by atoms with E-state index in [0.29, 0.717) is 26.4 Å². The largest absolute Gasteiger partial charge is 0.394 e. The highest BCUT2D eigenvalue weighted by Gasteiger charge is 2.33. The van der Waals surface area contributed by atoms with Crippen LogP contribution in [0.15, 0.2) is 0 Å². The summed E-state index contributed by atoms with van der Waals surface area (Å²) >= 11 is 0. The molecule has 1 N–H and O–H groups in total. The lowest BCUT2D eigenvalue weighted by atomic mass is 10.1. The van der Waals surface area contributed by atoms with Crippen molar-refractivity contribution in [1.29, 1.82) is 0 Å². The average molecular weight is 215 g/mol. The molecule has 86 valence electrons. The summed E-state index contributed by atoms with van der Waals surface area (Å²) in [5.41, 5.74) is 0. The minimum absolute atomic E-state index is 0.00912. The summed E-state index contributed by atoms with van der Waals surface area (Å²) in [6.45, 7) is 2.16. The summed E-state index contributed by atoms with van der Waals surface area (Å²) in [5, 5.41) is 9.14. The number of hydrogen-bond acceptors (Lipinski definition) is 4. The predicted molar refractivity (Wildman–Crippen MR) is 52.4 cm³/mol. The topological polar surface area (TPSA) is 59.0 Å². The van der Waals surface area contributed by atoms with Crippen LogP contribution in [0.3, 0.4) is 0 Å². The first-order valence-electron chi connectivity index (χ1n) is 5.43. The van der Waals surface area contributed by atoms with Crippen molar-refractivity contribution in [3.8, 4) is 0 Å². The quantitative estimate of drug-likeness (QED) is 0.667. The zero-order chi connectivity index (χ0) is 10.7. The van der Waals surface area contributed by atoms with Crippen LogP contribution in [0.5, 0.6) is 0 Å². The smallest absolute Gasteiger partial charge is 0.252 e. The summed E-state index contributed by atoms with van der Waals surface area (Å²) in [6, 6.07) is -0.199. The van der Waals surface area contributed by atoms with Crippen molar-refractivity contribution in [2.24, 2.45) is 0 Å². The van der Waals surface area contributed by atoms with E-state index in [1.807, 2.05) is 0 Å². The van der Waals surface area contributed by atoms with Crippen molar-refractivity contribution in [3.05, 3.63) is 0 Å². The van der Waals surface area contributed by atoms with Gasteiger partial charge in [0.1, 0.15) is 6.10 Å². The van der Waals surface area contributed by atoms with E-state index >= 15 is 0 Å². The van der Waals surface area contributed by atoms with E-state index in [9.17, 15) is 4.79 Å². The summed E-state index contributed by atoms with van der Waals surface area (Å²) in [6.07, 6.45) is 1.45. The van der Waals surface area contributed by atoms with E-state index in [-0.39, 0.29) is 24.7 Å². The molecule has 0 aromatic carbocycles. The highest BCUT2D eigenvalue weighted by molar-refractivity contribution is 5.81. The molecule has 0 bridgehead atoms. The van der Waals surface area contributed by atoms with Crippen LogP contribution < -0.4 is 0 Å². The van der Waals surface area contributed by atoms with Gasteiger partial charge in [0.05, 0.1) is 25.9 Å². The molecular formula is C10H17NO4. The number of carbonyl (C=O) groups excluding carboxylic acids is 1. The number of amides is 1. The minimum Gasteiger partial charge on any atom is -0.394 e. The molecule has 2 saturated heterocycles. The standard InChI is InChI=1S/C10H17NO4/c12-6-8-7-14-5-3-11(8)10(13)9-2-1-4-15-9/h8-9,12H,1-7H2/t8?,9-/m1/s1. The van der Waals surface area contributed by atoms with E-state index in [4.69, 9.17) is 14.6 Å². The van der Waals surface area contributed by atoms with Gasteiger partial charge in [0.15, 0.2) is 0 Å². The first-order valence-corrected chi connectivity index (χ1v) is 5.43. The maximum Gasteiger partial charge on any atom is 0.252 e. The summed E-state index contributed by atoms with van der Waals surface area (Å²) in [7, 11) is 0. The van der Waals surface area contributed by atoms with Gasteiger partial charge in [-0.3, -0.25) is 4.79 Å². The van der Waals surface area contributed by atoms with Gasteiger partial charge in [0, 0.05) is 13.2 Å². The highest BCUT2D eigenvalue weighted by Crippen LogP contribution is 2.17. The Labute approximate surface area is 89.0 Å². The molecule has 2 heterocycles. The second-order valence-corrected chi connectivity index (χ2v) is 3.94. The Morgan fingerprint density at radius 2 is 2.33 bits per heavy atom. The Hall–Kier alpha value is -0.650. The monoisotopic (exact) mass is 215 g/mol. The van der Waals surface area contributed by atoms with E-state index in [1.54, 1.807) is 4.90 Å². The lowest BCUT2D eigenvalue weighted by molar-refractivity contribution is -0.151. The lowest BCUT2D eigenvalue weighted by Gasteiger charge is -2.35. The number of nitrogens with zero attached hydrogens (tertiary/aromatic N) is 1. The molecule has 1 amide bonds. The second kappa shape index (κ2) is 4.92. The first kappa shape index (κ1) is 10.9. The van der Waals surface area contributed by atoms with Gasteiger partial charge >= 0.3 is 0 Å². The van der Waals surface area contributed by atoms with Crippen LogP contribution in [-0.2, 0) is 14.3 Å². The van der Waals surface area contributed by atoms with Crippen molar-refractivity contribution in [2.45, 2.75) is 25.0 Å². The lowest BCUT2D eigenvalue weighted by Crippen LogP contribution is -2.53. The molecule has 5 nitrogen and oxygen atoms in total. The number of ether oxygens (including phenoxy) is 2. The van der Waals surface area contributed by atoms with E-state index in [2.05, 4.69) is 0 Å². The van der Waals surface area contributed by atoms with Gasteiger partial charge in [0.2, 0.25) is 0 Å². The van der Waals surface area contributed by atoms with E-state index < -0.39 is 0 Å². The molecule has 2 aliphatic rings. The predicted octanol–water partition coefficient (Wildman–Crippen LogP) is -0.615. The average Bonchev–Trinajstić information content (AvgIpc) is 2.81. The third kappa shape index (κ3) is 2.30. The van der Waals surface area contributed by atoms with Gasteiger partial charge < -0.3 is 19.5 Å². The van der Waals surface area contributed by atoms with Crippen molar-refractivity contribution in [1.82, 2.24) is 4.90 Å². The second-order valence-electron chi connectivity index (χ2n) is 3.94. The first-order chi connectivity index (χ1) is 7.33. The fourth-order valence-corrected chi connectivity index (χ4v) is 2.05. The van der Waals surface area contributed by atoms with Crippen LogP contribution >= 0.6 is 0 Å². The van der Waals surface area contributed by atoms with E-state index in [0.717, 1.165) is 12.8 Å². The molecule has 5 heteroatoms. The molecule has 0 aliphatic carbocycles. The molecule has 2 rings (SSSR count). The summed E-state index contributed by atoms with van der Waals surface area (Å²) in [5.74, 6) is 0.00912. The Kier molecular flexibility index (Phi) is 3.56. The Balaban J connectivity index is 1.96. The number of morpholine rings is 1. The van der Waals surface area contributed by atoms with Crippen molar-refractivity contribution >= 4 is 5.91 Å². The molecule has 15 heavy (non-hydrogen) atoms. The van der Waals surface area contributed by atoms with Crippen LogP contribution in [0.2, 0.25) is 0 Å². The number of aliphatic hydroxyl groups is 1. The molecule has 2 atom stereocenters. The van der Waals surface area contributed by atoms with Gasteiger partial charge in [-0.15, -0.1) is 0 Å². The Morgan fingerprint density at radius 1 is 1.47 bits per heavy atom. The van der Waals surface area contributed by atoms with Crippen LogP contribution in [-0.4, -0.2) is 61.0 Å². The molecular weight excluding hydrogens is 198 g/mol. The van der Waals surface area contributed by atoms with E-state index in [1.165, 1.54) is 0 Å². The molecule has 2 aliphatic heterocycles. The summed E-state index contributed by atoms with van der Waals surface area (Å²) < 4.78 is 10.6. The third-order valence-corrected chi connectivity index (χ3v) is 2.93. The van der Waals surface area contributed by atoms with Crippen LogP contribution in [0.4, 0.5) is 0 Å². The fourth-order valence-electron chi connectivity index (χ4n) is 2.05. The molecule has 1 unspecified atom stereocenters. The molecule has 2 fully saturated rings. The van der Waals surface area contributed by atoms with Crippen LogP contribution in [0.25, 0.3) is 0 Å². The molecule has 0 spiro atoms. The van der Waals surface area contributed by atoms with Crippen molar-refractivity contribution in [2.75, 3.05) is 33.0 Å². The summed E-state index contributed by atoms with van der Waals surface area (Å²) in [4.78, 5) is 13.7.